The first-order valence-electron chi connectivity index (χ1n) is 6.91. The van der Waals surface area contributed by atoms with Crippen molar-refractivity contribution in [3.8, 4) is 5.75 Å². The molecule has 1 aliphatic rings. The largest absolute Gasteiger partial charge is 0.508 e. The van der Waals surface area contributed by atoms with E-state index in [1.807, 2.05) is 12.1 Å². The molecule has 0 saturated heterocycles. The Morgan fingerprint density at radius 3 is 3.06 bits per heavy atom. The maximum absolute atomic E-state index is 9.86. The Hall–Kier alpha value is -1.28. The number of nitrogens with zero attached hydrogens (tertiary/aromatic N) is 1. The Bertz CT molecular complexity index is 414. The molecule has 0 saturated carbocycles. The molecule has 1 atom stereocenters. The molecule has 0 radical (unpaired) electrons. The molecule has 0 fully saturated rings. The Balaban J connectivity index is 2.12. The molecule has 0 heterocycles. The molecule has 1 N–H and O–H groups in total. The Morgan fingerprint density at radius 2 is 2.33 bits per heavy atom. The highest BCUT2D eigenvalue weighted by atomic mass is 16.3. The zero-order valence-corrected chi connectivity index (χ0v) is 11.2. The fourth-order valence-corrected chi connectivity index (χ4v) is 2.96. The van der Waals surface area contributed by atoms with E-state index in [1.54, 1.807) is 6.07 Å². The lowest BCUT2D eigenvalue weighted by Crippen LogP contribution is -2.39. The number of rotatable bonds is 5. The second-order valence-electron chi connectivity index (χ2n) is 5.10. The molecule has 18 heavy (non-hydrogen) atoms. The van der Waals surface area contributed by atoms with Gasteiger partial charge in [0, 0.05) is 12.6 Å². The molecule has 2 heteroatoms. The number of fused-ring (bicyclic) bond motifs is 1. The highest BCUT2D eigenvalue weighted by molar-refractivity contribution is 5.41. The minimum absolute atomic E-state index is 0.469. The second-order valence-corrected chi connectivity index (χ2v) is 5.10. The number of phenolic OH excluding ortho intramolecular Hbond substituents is 1. The summed E-state index contributed by atoms with van der Waals surface area (Å²) in [6.45, 7) is 8.17. The van der Waals surface area contributed by atoms with Gasteiger partial charge in [-0.2, -0.15) is 0 Å². The van der Waals surface area contributed by atoms with E-state index in [0.717, 1.165) is 37.9 Å². The van der Waals surface area contributed by atoms with Crippen LogP contribution in [0.15, 0.2) is 30.9 Å². The van der Waals surface area contributed by atoms with Gasteiger partial charge < -0.3 is 5.11 Å². The molecule has 98 valence electrons. The predicted molar refractivity (Wildman–Crippen MR) is 76.0 cm³/mol. The fourth-order valence-electron chi connectivity index (χ4n) is 2.96. The summed E-state index contributed by atoms with van der Waals surface area (Å²) in [5.41, 5.74) is 2.47. The van der Waals surface area contributed by atoms with Crippen LogP contribution in [0.3, 0.4) is 0 Å². The van der Waals surface area contributed by atoms with Gasteiger partial charge in [0.2, 0.25) is 0 Å². The number of phenols is 1. The van der Waals surface area contributed by atoms with Crippen molar-refractivity contribution in [1.82, 2.24) is 4.90 Å². The minimum atomic E-state index is 0.469. The van der Waals surface area contributed by atoms with Gasteiger partial charge in [0.1, 0.15) is 5.75 Å². The van der Waals surface area contributed by atoms with Gasteiger partial charge in [-0.15, -0.1) is 6.58 Å². The molecule has 1 unspecified atom stereocenters. The van der Waals surface area contributed by atoms with E-state index in [2.05, 4.69) is 24.5 Å². The van der Waals surface area contributed by atoms with Gasteiger partial charge in [-0.3, -0.25) is 4.90 Å². The van der Waals surface area contributed by atoms with Crippen LogP contribution in [0.1, 0.15) is 30.9 Å². The summed E-state index contributed by atoms with van der Waals surface area (Å²) < 4.78 is 0. The van der Waals surface area contributed by atoms with E-state index in [1.165, 1.54) is 12.0 Å². The Labute approximate surface area is 110 Å². The van der Waals surface area contributed by atoms with Crippen molar-refractivity contribution in [3.63, 3.8) is 0 Å². The lowest BCUT2D eigenvalue weighted by atomic mass is 9.87. The highest BCUT2D eigenvalue weighted by Gasteiger charge is 2.24. The van der Waals surface area contributed by atoms with Crippen LogP contribution in [0.25, 0.3) is 0 Å². The SMILES string of the molecule is C=CCN(CCC)C1CCc2c(O)cccc2C1. The summed E-state index contributed by atoms with van der Waals surface area (Å²) in [5, 5.41) is 9.86. The highest BCUT2D eigenvalue weighted by Crippen LogP contribution is 2.30. The monoisotopic (exact) mass is 245 g/mol. The maximum atomic E-state index is 9.86. The van der Waals surface area contributed by atoms with Crippen molar-refractivity contribution < 1.29 is 5.11 Å². The van der Waals surface area contributed by atoms with Crippen LogP contribution in [0.4, 0.5) is 0 Å². The Morgan fingerprint density at radius 1 is 1.50 bits per heavy atom. The average Bonchev–Trinajstić information content (AvgIpc) is 2.38. The quantitative estimate of drug-likeness (QED) is 0.806. The zero-order chi connectivity index (χ0) is 13.0. The molecular formula is C16H23NO. The van der Waals surface area contributed by atoms with Gasteiger partial charge in [-0.05, 0) is 49.4 Å². The van der Waals surface area contributed by atoms with Gasteiger partial charge in [0.15, 0.2) is 0 Å². The van der Waals surface area contributed by atoms with E-state index >= 15 is 0 Å². The zero-order valence-electron chi connectivity index (χ0n) is 11.2. The lowest BCUT2D eigenvalue weighted by Gasteiger charge is -2.34. The minimum Gasteiger partial charge on any atom is -0.508 e. The van der Waals surface area contributed by atoms with Crippen molar-refractivity contribution in [3.05, 3.63) is 42.0 Å². The van der Waals surface area contributed by atoms with Crippen molar-refractivity contribution in [2.45, 2.75) is 38.6 Å². The maximum Gasteiger partial charge on any atom is 0.119 e. The van der Waals surface area contributed by atoms with Crippen LogP contribution < -0.4 is 0 Å². The molecule has 0 aromatic heterocycles. The molecule has 2 rings (SSSR count). The first kappa shape index (κ1) is 13.2. The average molecular weight is 245 g/mol. The standard InChI is InChI=1S/C16H23NO/c1-3-10-17(11-4-2)14-8-9-15-13(12-14)6-5-7-16(15)18/h3,5-7,14,18H,1,4,8-12H2,2H3. The molecule has 0 bridgehead atoms. The molecule has 2 nitrogen and oxygen atoms in total. The first-order valence-corrected chi connectivity index (χ1v) is 6.91. The van der Waals surface area contributed by atoms with Gasteiger partial charge in [-0.25, -0.2) is 0 Å². The molecule has 0 aliphatic heterocycles. The van der Waals surface area contributed by atoms with Crippen LogP contribution in [0.5, 0.6) is 5.75 Å². The lowest BCUT2D eigenvalue weighted by molar-refractivity contribution is 0.198. The third kappa shape index (κ3) is 2.75. The third-order valence-electron chi connectivity index (χ3n) is 3.82. The number of aromatic hydroxyl groups is 1. The van der Waals surface area contributed by atoms with Crippen LogP contribution in [-0.4, -0.2) is 29.1 Å². The van der Waals surface area contributed by atoms with Crippen molar-refractivity contribution in [2.75, 3.05) is 13.1 Å². The molecule has 1 aliphatic carbocycles. The molecule has 0 spiro atoms. The van der Waals surface area contributed by atoms with E-state index in [-0.39, 0.29) is 0 Å². The Kier molecular flexibility index (Phi) is 4.43. The van der Waals surface area contributed by atoms with E-state index < -0.39 is 0 Å². The fraction of sp³-hybridized carbons (Fsp3) is 0.500. The van der Waals surface area contributed by atoms with Crippen molar-refractivity contribution in [2.24, 2.45) is 0 Å². The van der Waals surface area contributed by atoms with Crippen LogP contribution >= 0.6 is 0 Å². The van der Waals surface area contributed by atoms with Gasteiger partial charge in [0.05, 0.1) is 0 Å². The summed E-state index contributed by atoms with van der Waals surface area (Å²) in [5.74, 6) is 0.469. The van der Waals surface area contributed by atoms with Crippen LogP contribution in [0, 0.1) is 0 Å². The van der Waals surface area contributed by atoms with E-state index in [0.29, 0.717) is 11.8 Å². The molecule has 1 aromatic rings. The number of benzene rings is 1. The normalized spacial score (nSPS) is 18.7. The van der Waals surface area contributed by atoms with Crippen LogP contribution in [-0.2, 0) is 12.8 Å². The second kappa shape index (κ2) is 6.05. The smallest absolute Gasteiger partial charge is 0.119 e. The van der Waals surface area contributed by atoms with Gasteiger partial charge >= 0.3 is 0 Å². The predicted octanol–water partition coefficient (Wildman–Crippen LogP) is 3.15. The van der Waals surface area contributed by atoms with E-state index in [9.17, 15) is 5.11 Å². The summed E-state index contributed by atoms with van der Waals surface area (Å²) in [7, 11) is 0. The van der Waals surface area contributed by atoms with E-state index in [4.69, 9.17) is 0 Å². The topological polar surface area (TPSA) is 23.5 Å². The van der Waals surface area contributed by atoms with Crippen LogP contribution in [0.2, 0.25) is 0 Å². The van der Waals surface area contributed by atoms with Crippen molar-refractivity contribution >= 4 is 0 Å². The van der Waals surface area contributed by atoms with Crippen molar-refractivity contribution in [1.29, 1.82) is 0 Å². The summed E-state index contributed by atoms with van der Waals surface area (Å²) in [4.78, 5) is 2.51. The summed E-state index contributed by atoms with van der Waals surface area (Å²) in [6.07, 6.45) is 6.35. The molecule has 1 aromatic carbocycles. The summed E-state index contributed by atoms with van der Waals surface area (Å²) in [6, 6.07) is 6.50. The molecular weight excluding hydrogens is 222 g/mol. The summed E-state index contributed by atoms with van der Waals surface area (Å²) >= 11 is 0. The molecule has 0 amide bonds. The van der Waals surface area contributed by atoms with Gasteiger partial charge in [-0.1, -0.05) is 25.1 Å². The first-order chi connectivity index (χ1) is 8.76. The van der Waals surface area contributed by atoms with Gasteiger partial charge in [0.25, 0.3) is 0 Å². The third-order valence-corrected chi connectivity index (χ3v) is 3.82. The number of hydrogen-bond acceptors (Lipinski definition) is 2. The number of hydrogen-bond donors (Lipinski definition) is 1.